The lowest BCUT2D eigenvalue weighted by Gasteiger charge is -2.13. The molecule has 5 aromatic carbocycles. The predicted molar refractivity (Wildman–Crippen MR) is 208 cm³/mol. The zero-order valence-electron chi connectivity index (χ0n) is 29.0. The average Bonchev–Trinajstić information content (AvgIpc) is 3.20. The molecule has 0 spiro atoms. The van der Waals surface area contributed by atoms with Gasteiger partial charge in [0.05, 0.1) is 40.0 Å². The Balaban J connectivity index is 1.30. The van der Waals surface area contributed by atoms with E-state index in [1.807, 2.05) is 84.9 Å². The molecule has 9 heteroatoms. The summed E-state index contributed by atoms with van der Waals surface area (Å²) in [6, 6.07) is 43.6. The molecule has 0 aliphatic rings. The van der Waals surface area contributed by atoms with Crippen LogP contribution in [0.1, 0.15) is 49.7 Å². The standard InChI is InChI=1S/C45H33N3O6/c1-26(49)27-2-8-30(9-3-27)39-22-37(23-40(47-39)31-10-16-34(17-11-31)43(46)50)28-4-6-29(7-5-28)38-24-41(32-12-18-35(19-13-32)44(51)52)48-42(25-38)33-14-20-36(21-15-33)45(53)54/h2-26,49H,1H3,(H2,46,50)(H,51,52)(H,53,54). The van der Waals surface area contributed by atoms with E-state index in [0.717, 1.165) is 55.8 Å². The number of carbonyl (C=O) groups is 3. The number of carboxylic acids is 2. The van der Waals surface area contributed by atoms with Gasteiger partial charge < -0.3 is 21.1 Å². The monoisotopic (exact) mass is 711 g/mol. The molecule has 0 saturated carbocycles. The number of aromatic nitrogens is 2. The average molecular weight is 712 g/mol. The maximum Gasteiger partial charge on any atom is 0.335 e. The summed E-state index contributed by atoms with van der Waals surface area (Å²) in [5.74, 6) is -2.56. The number of hydrogen-bond donors (Lipinski definition) is 4. The Bertz CT molecular complexity index is 2430. The lowest BCUT2D eigenvalue weighted by molar-refractivity contribution is 0.0686. The maximum atomic E-state index is 11.7. The van der Waals surface area contributed by atoms with Gasteiger partial charge in [-0.05, 0) is 95.4 Å². The Morgan fingerprint density at radius 1 is 0.444 bits per heavy atom. The first kappa shape index (κ1) is 35.2. The lowest BCUT2D eigenvalue weighted by Crippen LogP contribution is -2.10. The molecule has 5 N–H and O–H groups in total. The number of nitrogens with two attached hydrogens (primary N) is 1. The number of aliphatic hydroxyl groups is 1. The lowest BCUT2D eigenvalue weighted by atomic mass is 9.95. The minimum atomic E-state index is -1.02. The van der Waals surface area contributed by atoms with Crippen LogP contribution in [0.25, 0.3) is 67.3 Å². The number of rotatable bonds is 10. The van der Waals surface area contributed by atoms with Crippen molar-refractivity contribution in [3.63, 3.8) is 0 Å². The quantitative estimate of drug-likeness (QED) is 0.109. The zero-order chi connectivity index (χ0) is 37.9. The first-order valence-corrected chi connectivity index (χ1v) is 17.0. The molecule has 7 aromatic rings. The molecule has 0 bridgehead atoms. The van der Waals surface area contributed by atoms with Crippen molar-refractivity contribution in [3.8, 4) is 67.3 Å². The summed E-state index contributed by atoms with van der Waals surface area (Å²) in [7, 11) is 0. The molecule has 0 radical (unpaired) electrons. The van der Waals surface area contributed by atoms with E-state index in [0.29, 0.717) is 22.6 Å². The van der Waals surface area contributed by atoms with Crippen LogP contribution < -0.4 is 5.73 Å². The number of pyridine rings is 2. The Morgan fingerprint density at radius 3 is 1.00 bits per heavy atom. The van der Waals surface area contributed by atoms with E-state index in [1.54, 1.807) is 43.3 Å². The number of aliphatic hydroxyl groups excluding tert-OH is 1. The second-order valence-electron chi connectivity index (χ2n) is 12.8. The van der Waals surface area contributed by atoms with E-state index in [4.69, 9.17) is 15.7 Å². The molecule has 9 nitrogen and oxygen atoms in total. The summed E-state index contributed by atoms with van der Waals surface area (Å²) in [5, 5.41) is 28.9. The van der Waals surface area contributed by atoms with Gasteiger partial charge in [-0.3, -0.25) is 4.79 Å². The number of primary amides is 1. The van der Waals surface area contributed by atoms with Crippen LogP contribution in [0.2, 0.25) is 0 Å². The highest BCUT2D eigenvalue weighted by molar-refractivity contribution is 5.93. The molecule has 1 unspecified atom stereocenters. The fourth-order valence-corrected chi connectivity index (χ4v) is 6.15. The zero-order valence-corrected chi connectivity index (χ0v) is 29.0. The molecule has 1 atom stereocenters. The van der Waals surface area contributed by atoms with Crippen molar-refractivity contribution in [2.24, 2.45) is 5.73 Å². The molecule has 2 aromatic heterocycles. The fraction of sp³-hybridized carbons (Fsp3) is 0.0444. The van der Waals surface area contributed by atoms with Gasteiger partial charge in [0.15, 0.2) is 0 Å². The predicted octanol–water partition coefficient (Wildman–Crippen LogP) is 9.03. The smallest absolute Gasteiger partial charge is 0.335 e. The van der Waals surface area contributed by atoms with Gasteiger partial charge in [-0.25, -0.2) is 19.6 Å². The number of aromatic carboxylic acids is 2. The second kappa shape index (κ2) is 14.8. The van der Waals surface area contributed by atoms with Crippen LogP contribution >= 0.6 is 0 Å². The normalized spacial score (nSPS) is 11.5. The molecular weight excluding hydrogens is 679 g/mol. The Morgan fingerprint density at radius 2 is 0.722 bits per heavy atom. The first-order valence-electron chi connectivity index (χ1n) is 17.0. The third kappa shape index (κ3) is 7.52. The van der Waals surface area contributed by atoms with Crippen molar-refractivity contribution in [1.82, 2.24) is 9.97 Å². The highest BCUT2D eigenvalue weighted by atomic mass is 16.4. The van der Waals surface area contributed by atoms with Gasteiger partial charge in [0, 0.05) is 27.8 Å². The van der Waals surface area contributed by atoms with Crippen LogP contribution in [0.3, 0.4) is 0 Å². The topological polar surface area (TPSA) is 164 Å². The van der Waals surface area contributed by atoms with Gasteiger partial charge in [0.1, 0.15) is 0 Å². The van der Waals surface area contributed by atoms with Gasteiger partial charge in [-0.2, -0.15) is 0 Å². The van der Waals surface area contributed by atoms with Gasteiger partial charge >= 0.3 is 11.9 Å². The largest absolute Gasteiger partial charge is 0.478 e. The Kier molecular flexibility index (Phi) is 9.63. The summed E-state index contributed by atoms with van der Waals surface area (Å²) in [6.07, 6.45) is -0.598. The molecule has 0 fully saturated rings. The molecule has 54 heavy (non-hydrogen) atoms. The third-order valence-corrected chi connectivity index (χ3v) is 9.21. The van der Waals surface area contributed by atoms with Gasteiger partial charge in [0.2, 0.25) is 5.91 Å². The van der Waals surface area contributed by atoms with Crippen LogP contribution in [0.15, 0.2) is 146 Å². The Labute approximate surface area is 310 Å². The summed E-state index contributed by atoms with van der Waals surface area (Å²) in [5.41, 5.74) is 16.4. The van der Waals surface area contributed by atoms with Crippen LogP contribution in [0, 0.1) is 0 Å². The molecule has 0 saturated heterocycles. The van der Waals surface area contributed by atoms with Gasteiger partial charge in [0.25, 0.3) is 0 Å². The second-order valence-corrected chi connectivity index (χ2v) is 12.8. The maximum absolute atomic E-state index is 11.7. The molecular formula is C45H33N3O6. The van der Waals surface area contributed by atoms with Crippen molar-refractivity contribution in [2.45, 2.75) is 13.0 Å². The van der Waals surface area contributed by atoms with Crippen LogP contribution in [0.5, 0.6) is 0 Å². The molecule has 2 heterocycles. The van der Waals surface area contributed by atoms with E-state index >= 15 is 0 Å². The highest BCUT2D eigenvalue weighted by Gasteiger charge is 2.14. The molecule has 1 amide bonds. The Hall–Kier alpha value is -7.23. The van der Waals surface area contributed by atoms with E-state index < -0.39 is 23.9 Å². The van der Waals surface area contributed by atoms with Gasteiger partial charge in [-0.1, -0.05) is 84.9 Å². The number of nitrogens with zero attached hydrogens (tertiary/aromatic N) is 2. The summed E-state index contributed by atoms with van der Waals surface area (Å²) >= 11 is 0. The summed E-state index contributed by atoms with van der Waals surface area (Å²) < 4.78 is 0. The van der Waals surface area contributed by atoms with Crippen molar-refractivity contribution in [3.05, 3.63) is 168 Å². The number of hydrogen-bond acceptors (Lipinski definition) is 6. The SMILES string of the molecule is CC(O)c1ccc(-c2cc(-c3ccc(-c4cc(-c5ccc(C(=O)O)cc5)nc(-c5ccc(C(=O)O)cc5)c4)cc3)cc(-c3ccc(C(N)=O)cc3)n2)cc1. The number of benzene rings is 5. The molecule has 0 aliphatic carbocycles. The van der Waals surface area contributed by atoms with Crippen LogP contribution in [0.4, 0.5) is 0 Å². The van der Waals surface area contributed by atoms with Gasteiger partial charge in [-0.15, -0.1) is 0 Å². The number of carboxylic acid groups (broad SMARTS) is 2. The van der Waals surface area contributed by atoms with Crippen molar-refractivity contribution in [2.75, 3.05) is 0 Å². The van der Waals surface area contributed by atoms with Crippen molar-refractivity contribution >= 4 is 17.8 Å². The highest BCUT2D eigenvalue weighted by Crippen LogP contribution is 2.34. The minimum Gasteiger partial charge on any atom is -0.478 e. The summed E-state index contributed by atoms with van der Waals surface area (Å²) in [4.78, 5) is 44.6. The molecule has 264 valence electrons. The fourth-order valence-electron chi connectivity index (χ4n) is 6.15. The van der Waals surface area contributed by atoms with E-state index in [9.17, 15) is 29.7 Å². The third-order valence-electron chi connectivity index (χ3n) is 9.21. The van der Waals surface area contributed by atoms with E-state index in [-0.39, 0.29) is 11.1 Å². The molecule has 7 rings (SSSR count). The number of amides is 1. The van der Waals surface area contributed by atoms with Crippen molar-refractivity contribution in [1.29, 1.82) is 0 Å². The van der Waals surface area contributed by atoms with Crippen LogP contribution in [-0.2, 0) is 0 Å². The number of carbonyl (C=O) groups excluding carboxylic acids is 1. The minimum absolute atomic E-state index is 0.164. The molecule has 0 aliphatic heterocycles. The van der Waals surface area contributed by atoms with E-state index in [2.05, 4.69) is 0 Å². The summed E-state index contributed by atoms with van der Waals surface area (Å²) in [6.45, 7) is 1.72. The van der Waals surface area contributed by atoms with Crippen LogP contribution in [-0.4, -0.2) is 43.1 Å². The van der Waals surface area contributed by atoms with E-state index in [1.165, 1.54) is 24.3 Å². The van der Waals surface area contributed by atoms with Crippen molar-refractivity contribution < 1.29 is 29.7 Å². The first-order chi connectivity index (χ1) is 26.0.